The fourth-order valence-electron chi connectivity index (χ4n) is 2.16. The summed E-state index contributed by atoms with van der Waals surface area (Å²) in [7, 11) is 0. The summed E-state index contributed by atoms with van der Waals surface area (Å²) in [6.45, 7) is 3.97. The number of rotatable bonds is 5. The van der Waals surface area contributed by atoms with Crippen LogP contribution in [0.2, 0.25) is 0 Å². The number of benzene rings is 1. The molecule has 1 amide bonds. The van der Waals surface area contributed by atoms with Crippen molar-refractivity contribution in [2.75, 3.05) is 5.32 Å². The van der Waals surface area contributed by atoms with Crippen molar-refractivity contribution in [1.82, 2.24) is 10.2 Å². The summed E-state index contributed by atoms with van der Waals surface area (Å²) in [5.41, 5.74) is 3.91. The van der Waals surface area contributed by atoms with Gasteiger partial charge in [0.2, 0.25) is 17.7 Å². The maximum absolute atomic E-state index is 12.1. The first-order valence-electron chi connectivity index (χ1n) is 7.34. The number of hydrogen-bond acceptors (Lipinski definition) is 5. The van der Waals surface area contributed by atoms with Crippen LogP contribution in [0.4, 0.5) is 5.69 Å². The predicted octanol–water partition coefficient (Wildman–Crippen LogP) is 3.99. The number of carbonyl (C=O) groups is 1. The summed E-state index contributed by atoms with van der Waals surface area (Å²) >= 11 is 1.57. The van der Waals surface area contributed by atoms with E-state index in [9.17, 15) is 4.79 Å². The van der Waals surface area contributed by atoms with E-state index in [1.165, 1.54) is 0 Å². The van der Waals surface area contributed by atoms with E-state index >= 15 is 0 Å². The van der Waals surface area contributed by atoms with Gasteiger partial charge in [0.05, 0.1) is 0 Å². The van der Waals surface area contributed by atoms with Gasteiger partial charge in [0, 0.05) is 29.5 Å². The summed E-state index contributed by atoms with van der Waals surface area (Å²) in [6, 6.07) is 7.91. The lowest BCUT2D eigenvalue weighted by Crippen LogP contribution is -2.13. The number of carbonyl (C=O) groups excluding carboxylic acids is 1. The van der Waals surface area contributed by atoms with E-state index in [1.54, 1.807) is 11.3 Å². The van der Waals surface area contributed by atoms with E-state index in [1.807, 2.05) is 48.9 Å². The molecule has 2 aromatic heterocycles. The average molecular weight is 327 g/mol. The maximum atomic E-state index is 12.1. The molecule has 6 heteroatoms. The fraction of sp³-hybridized carbons (Fsp3) is 0.235. The third-order valence-corrected chi connectivity index (χ3v) is 4.15. The molecule has 0 radical (unpaired) electrons. The van der Waals surface area contributed by atoms with Gasteiger partial charge in [0.15, 0.2) is 0 Å². The number of aromatic nitrogens is 2. The normalized spacial score (nSPS) is 10.7. The minimum atomic E-state index is -0.0611. The van der Waals surface area contributed by atoms with E-state index in [4.69, 9.17) is 4.42 Å². The minimum Gasteiger partial charge on any atom is -0.421 e. The van der Waals surface area contributed by atoms with Gasteiger partial charge < -0.3 is 9.73 Å². The third kappa shape index (κ3) is 3.84. The number of hydrogen-bond donors (Lipinski definition) is 1. The predicted molar refractivity (Wildman–Crippen MR) is 90.5 cm³/mol. The monoisotopic (exact) mass is 327 g/mol. The second-order valence-electron chi connectivity index (χ2n) is 5.38. The van der Waals surface area contributed by atoms with Crippen molar-refractivity contribution >= 4 is 22.9 Å². The second kappa shape index (κ2) is 6.75. The van der Waals surface area contributed by atoms with Crippen LogP contribution in [0.1, 0.15) is 23.4 Å². The molecule has 3 aromatic rings. The number of aryl methyl sites for hydroxylation is 3. The minimum absolute atomic E-state index is 0.0611. The summed E-state index contributed by atoms with van der Waals surface area (Å²) in [6.07, 6.45) is 0.729. The second-order valence-corrected chi connectivity index (χ2v) is 6.16. The molecule has 118 valence electrons. The molecular weight excluding hydrogens is 310 g/mol. The molecular formula is C17H17N3O2S. The van der Waals surface area contributed by atoms with Crippen LogP contribution >= 0.6 is 11.3 Å². The summed E-state index contributed by atoms with van der Waals surface area (Å²) in [5, 5.41) is 14.8. The zero-order chi connectivity index (χ0) is 16.2. The van der Waals surface area contributed by atoms with E-state index in [-0.39, 0.29) is 5.91 Å². The molecule has 0 fully saturated rings. The Hall–Kier alpha value is -2.47. The number of nitrogens with one attached hydrogen (secondary N) is 1. The van der Waals surface area contributed by atoms with Crippen molar-refractivity contribution < 1.29 is 9.21 Å². The summed E-state index contributed by atoms with van der Waals surface area (Å²) in [5.74, 6) is 0.910. The Morgan fingerprint density at radius 3 is 2.91 bits per heavy atom. The molecule has 0 saturated carbocycles. The third-order valence-electron chi connectivity index (χ3n) is 3.47. The van der Waals surface area contributed by atoms with Crippen LogP contribution < -0.4 is 5.32 Å². The highest BCUT2D eigenvalue weighted by atomic mass is 32.1. The SMILES string of the molecule is Cc1ccc(C)c(NC(=O)CCc2nnc(-c3ccsc3)o2)c1. The Bertz CT molecular complexity index is 809. The van der Waals surface area contributed by atoms with Gasteiger partial charge >= 0.3 is 0 Å². The van der Waals surface area contributed by atoms with Crippen LogP contribution in [0, 0.1) is 13.8 Å². The molecule has 0 bridgehead atoms. The Balaban J connectivity index is 1.58. The first kappa shape index (κ1) is 15.4. The van der Waals surface area contributed by atoms with Crippen molar-refractivity contribution in [3.05, 3.63) is 52.0 Å². The molecule has 0 aliphatic carbocycles. The Morgan fingerprint density at radius 1 is 1.26 bits per heavy atom. The quantitative estimate of drug-likeness (QED) is 0.769. The van der Waals surface area contributed by atoms with Crippen molar-refractivity contribution in [1.29, 1.82) is 0 Å². The van der Waals surface area contributed by atoms with E-state index < -0.39 is 0 Å². The molecule has 0 aliphatic heterocycles. The molecule has 0 saturated heterocycles. The molecule has 0 atom stereocenters. The van der Waals surface area contributed by atoms with Crippen molar-refractivity contribution in [2.45, 2.75) is 26.7 Å². The standard InChI is InChI=1S/C17H17N3O2S/c1-11-3-4-12(2)14(9-11)18-15(21)5-6-16-19-20-17(22-16)13-7-8-23-10-13/h3-4,7-10H,5-6H2,1-2H3,(H,18,21). The largest absolute Gasteiger partial charge is 0.421 e. The van der Waals surface area contributed by atoms with Gasteiger partial charge in [-0.05, 0) is 42.5 Å². The van der Waals surface area contributed by atoms with Crippen molar-refractivity contribution in [2.24, 2.45) is 0 Å². The molecule has 1 aromatic carbocycles. The molecule has 5 nitrogen and oxygen atoms in total. The smallest absolute Gasteiger partial charge is 0.248 e. The lowest BCUT2D eigenvalue weighted by molar-refractivity contribution is -0.116. The molecule has 2 heterocycles. The van der Waals surface area contributed by atoms with Gasteiger partial charge in [-0.1, -0.05) is 12.1 Å². The molecule has 0 spiro atoms. The number of amides is 1. The van der Waals surface area contributed by atoms with Crippen LogP contribution in [0.5, 0.6) is 0 Å². The van der Waals surface area contributed by atoms with Crippen LogP contribution in [-0.4, -0.2) is 16.1 Å². The number of nitrogens with zero attached hydrogens (tertiary/aromatic N) is 2. The van der Waals surface area contributed by atoms with Gasteiger partial charge in [0.25, 0.3) is 0 Å². The lowest BCUT2D eigenvalue weighted by atomic mass is 10.1. The Morgan fingerprint density at radius 2 is 2.13 bits per heavy atom. The molecule has 3 rings (SSSR count). The van der Waals surface area contributed by atoms with E-state index in [0.29, 0.717) is 24.6 Å². The average Bonchev–Trinajstić information content (AvgIpc) is 3.19. The fourth-order valence-corrected chi connectivity index (χ4v) is 2.79. The van der Waals surface area contributed by atoms with E-state index in [2.05, 4.69) is 15.5 Å². The zero-order valence-electron chi connectivity index (χ0n) is 13.0. The van der Waals surface area contributed by atoms with Gasteiger partial charge in [-0.2, -0.15) is 11.3 Å². The van der Waals surface area contributed by atoms with Gasteiger partial charge in [-0.25, -0.2) is 0 Å². The zero-order valence-corrected chi connectivity index (χ0v) is 13.8. The van der Waals surface area contributed by atoms with E-state index in [0.717, 1.165) is 22.4 Å². The number of anilines is 1. The highest BCUT2D eigenvalue weighted by molar-refractivity contribution is 7.08. The number of thiophene rings is 1. The molecule has 0 unspecified atom stereocenters. The first-order chi connectivity index (χ1) is 11.1. The summed E-state index contributed by atoms with van der Waals surface area (Å²) in [4.78, 5) is 12.1. The maximum Gasteiger partial charge on any atom is 0.248 e. The summed E-state index contributed by atoms with van der Waals surface area (Å²) < 4.78 is 5.58. The molecule has 0 aliphatic rings. The van der Waals surface area contributed by atoms with Gasteiger partial charge in [-0.15, -0.1) is 10.2 Å². The Kier molecular flexibility index (Phi) is 4.52. The first-order valence-corrected chi connectivity index (χ1v) is 8.28. The van der Waals surface area contributed by atoms with Crippen molar-refractivity contribution in [3.63, 3.8) is 0 Å². The van der Waals surface area contributed by atoms with Crippen LogP contribution in [0.15, 0.2) is 39.4 Å². The highest BCUT2D eigenvalue weighted by Gasteiger charge is 2.11. The van der Waals surface area contributed by atoms with Crippen molar-refractivity contribution in [3.8, 4) is 11.5 Å². The van der Waals surface area contributed by atoms with Gasteiger partial charge in [-0.3, -0.25) is 4.79 Å². The van der Waals surface area contributed by atoms with Crippen LogP contribution in [-0.2, 0) is 11.2 Å². The Labute approximate surface area is 138 Å². The van der Waals surface area contributed by atoms with Gasteiger partial charge in [0.1, 0.15) is 0 Å². The topological polar surface area (TPSA) is 68.0 Å². The lowest BCUT2D eigenvalue weighted by Gasteiger charge is -2.08. The molecule has 23 heavy (non-hydrogen) atoms. The van der Waals surface area contributed by atoms with Crippen LogP contribution in [0.25, 0.3) is 11.5 Å². The van der Waals surface area contributed by atoms with Crippen LogP contribution in [0.3, 0.4) is 0 Å². The molecule has 1 N–H and O–H groups in total. The highest BCUT2D eigenvalue weighted by Crippen LogP contribution is 2.21.